The van der Waals surface area contributed by atoms with Gasteiger partial charge in [-0.05, 0) is 92.0 Å². The molecule has 0 N–H and O–H groups in total. The van der Waals surface area contributed by atoms with Crippen LogP contribution >= 0.6 is 0 Å². The summed E-state index contributed by atoms with van der Waals surface area (Å²) in [6.07, 6.45) is 12.7. The Bertz CT molecular complexity index is 793. The summed E-state index contributed by atoms with van der Waals surface area (Å²) in [6, 6.07) is 0. The molecular formula is C31H60O3Si2. The highest BCUT2D eigenvalue weighted by Crippen LogP contribution is 2.59. The molecule has 2 saturated carbocycles. The maximum absolute atomic E-state index is 7.07. The smallest absolute Gasteiger partial charge is 0.193 e. The van der Waals surface area contributed by atoms with Crippen molar-refractivity contribution in [1.29, 1.82) is 0 Å². The van der Waals surface area contributed by atoms with Crippen LogP contribution in [-0.2, 0) is 13.6 Å². The Morgan fingerprint density at radius 1 is 0.917 bits per heavy atom. The third-order valence-corrected chi connectivity index (χ3v) is 20.3. The molecule has 0 bridgehead atoms. The fourth-order valence-electron chi connectivity index (χ4n) is 6.96. The summed E-state index contributed by atoms with van der Waals surface area (Å²) in [4.78, 5) is 0. The first kappa shape index (κ1) is 30.6. The largest absolute Gasteiger partial charge is 0.414 e. The van der Waals surface area contributed by atoms with Crippen molar-refractivity contribution in [2.24, 2.45) is 23.2 Å². The molecule has 2 unspecified atom stereocenters. The number of ether oxygens (including phenoxy) is 1. The van der Waals surface area contributed by atoms with E-state index < -0.39 is 16.6 Å². The van der Waals surface area contributed by atoms with Gasteiger partial charge < -0.3 is 13.6 Å². The van der Waals surface area contributed by atoms with Gasteiger partial charge in [-0.1, -0.05) is 74.0 Å². The zero-order valence-corrected chi connectivity index (χ0v) is 28.2. The average molecular weight is 537 g/mol. The molecule has 2 fully saturated rings. The molecule has 0 radical (unpaired) electrons. The molecule has 0 spiro atoms. The number of hydrogen-bond acceptors (Lipinski definition) is 3. The molecule has 3 rings (SSSR count). The lowest BCUT2D eigenvalue weighted by Crippen LogP contribution is -2.50. The molecule has 7 atom stereocenters. The minimum Gasteiger partial charge on any atom is -0.414 e. The molecule has 0 aliphatic heterocycles. The molecule has 3 nitrogen and oxygen atoms in total. The van der Waals surface area contributed by atoms with Gasteiger partial charge in [0, 0.05) is 12.5 Å². The predicted molar refractivity (Wildman–Crippen MR) is 160 cm³/mol. The maximum Gasteiger partial charge on any atom is 0.193 e. The van der Waals surface area contributed by atoms with Gasteiger partial charge in [-0.2, -0.15) is 0 Å². The molecular weight excluding hydrogens is 477 g/mol. The summed E-state index contributed by atoms with van der Waals surface area (Å²) in [5.41, 5.74) is 0.193. The molecule has 3 aliphatic carbocycles. The summed E-state index contributed by atoms with van der Waals surface area (Å²) in [6.45, 7) is 31.8. The first-order chi connectivity index (χ1) is 16.2. The highest BCUT2D eigenvalue weighted by molar-refractivity contribution is 6.74. The summed E-state index contributed by atoms with van der Waals surface area (Å²) in [5.74, 6) is 2.02. The van der Waals surface area contributed by atoms with Crippen LogP contribution < -0.4 is 0 Å². The molecule has 0 heterocycles. The van der Waals surface area contributed by atoms with Gasteiger partial charge in [0.1, 0.15) is 0 Å². The van der Waals surface area contributed by atoms with Crippen LogP contribution in [0, 0.1) is 23.2 Å². The Morgan fingerprint density at radius 3 is 2.11 bits per heavy atom. The van der Waals surface area contributed by atoms with E-state index in [0.29, 0.717) is 23.4 Å². The van der Waals surface area contributed by atoms with Crippen molar-refractivity contribution >= 4 is 16.6 Å². The van der Waals surface area contributed by atoms with Crippen LogP contribution in [0.15, 0.2) is 12.2 Å². The lowest BCUT2D eigenvalue weighted by atomic mass is 9.62. The minimum absolute atomic E-state index is 0.174. The SMILES string of the molecule is C[C@@H](CO[C@@H]1C=C[C@@](C)(O[Si](C)(C)C(C)(C)C)C1)[C@H]1CCC2C(O[Si](C)(C)C(C)(C)C)CCC[C@@]21C. The van der Waals surface area contributed by atoms with Gasteiger partial charge in [0.25, 0.3) is 0 Å². The second kappa shape index (κ2) is 10.2. The van der Waals surface area contributed by atoms with Crippen LogP contribution in [0.5, 0.6) is 0 Å². The van der Waals surface area contributed by atoms with E-state index in [2.05, 4.69) is 101 Å². The van der Waals surface area contributed by atoms with Gasteiger partial charge in [0.15, 0.2) is 16.6 Å². The van der Waals surface area contributed by atoms with Crippen LogP contribution in [0.25, 0.3) is 0 Å². The zero-order valence-electron chi connectivity index (χ0n) is 26.2. The topological polar surface area (TPSA) is 27.7 Å². The highest BCUT2D eigenvalue weighted by atomic mass is 28.4. The third kappa shape index (κ3) is 6.27. The van der Waals surface area contributed by atoms with Crippen molar-refractivity contribution in [3.63, 3.8) is 0 Å². The van der Waals surface area contributed by atoms with Crippen molar-refractivity contribution in [3.05, 3.63) is 12.2 Å². The quantitative estimate of drug-likeness (QED) is 0.228. The van der Waals surface area contributed by atoms with Crippen LogP contribution in [0.2, 0.25) is 36.3 Å². The molecule has 3 aliphatic rings. The van der Waals surface area contributed by atoms with Gasteiger partial charge in [-0.25, -0.2) is 0 Å². The summed E-state index contributed by atoms with van der Waals surface area (Å²) >= 11 is 0. The third-order valence-electron chi connectivity index (χ3n) is 11.2. The Hall–Kier alpha value is 0.0538. The Labute approximate surface area is 226 Å². The second-order valence-electron chi connectivity index (χ2n) is 16.2. The summed E-state index contributed by atoms with van der Waals surface area (Å²) < 4.78 is 20.5. The normalized spacial score (nSPS) is 36.8. The van der Waals surface area contributed by atoms with E-state index in [4.69, 9.17) is 13.6 Å². The fraction of sp³-hybridized carbons (Fsp3) is 0.935. The zero-order chi connectivity index (χ0) is 27.4. The van der Waals surface area contributed by atoms with Crippen LogP contribution in [-0.4, -0.2) is 41.1 Å². The Morgan fingerprint density at radius 2 is 1.53 bits per heavy atom. The fourth-order valence-corrected chi connectivity index (χ4v) is 9.97. The standard InChI is InChI=1S/C31H60O3Si2/c1-23(22-32-24-18-20-30(8,21-24)34-36(12,13)29(5,6)7)25-16-17-26-27(15-14-19-31(25,26)9)33-35(10,11)28(2,3)4/h18,20,23-27H,14-17,19,21-22H2,1-13H3/t23-,24+,25+,26?,27?,30+,31+/m0/s1. The summed E-state index contributed by atoms with van der Waals surface area (Å²) in [5, 5.41) is 0.496. The maximum atomic E-state index is 7.07. The molecule has 0 saturated heterocycles. The molecule has 0 aromatic rings. The van der Waals surface area contributed by atoms with Gasteiger partial charge >= 0.3 is 0 Å². The van der Waals surface area contributed by atoms with Gasteiger partial charge in [0.05, 0.1) is 18.3 Å². The highest BCUT2D eigenvalue weighted by Gasteiger charge is 2.54. The predicted octanol–water partition coefficient (Wildman–Crippen LogP) is 9.35. The van der Waals surface area contributed by atoms with Crippen molar-refractivity contribution in [2.75, 3.05) is 6.61 Å². The molecule has 0 amide bonds. The molecule has 210 valence electrons. The summed E-state index contributed by atoms with van der Waals surface area (Å²) in [7, 11) is -3.57. The Balaban J connectivity index is 1.58. The van der Waals surface area contributed by atoms with E-state index in [9.17, 15) is 0 Å². The van der Waals surface area contributed by atoms with E-state index in [1.54, 1.807) is 0 Å². The number of fused-ring (bicyclic) bond motifs is 1. The van der Waals surface area contributed by atoms with Crippen LogP contribution in [0.3, 0.4) is 0 Å². The lowest BCUT2D eigenvalue weighted by Gasteiger charge is -2.50. The van der Waals surface area contributed by atoms with Crippen molar-refractivity contribution in [2.45, 2.75) is 155 Å². The van der Waals surface area contributed by atoms with Crippen molar-refractivity contribution in [3.8, 4) is 0 Å². The first-order valence-electron chi connectivity index (χ1n) is 14.9. The lowest BCUT2D eigenvalue weighted by molar-refractivity contribution is -0.0408. The molecule has 0 aromatic heterocycles. The number of hydrogen-bond donors (Lipinski definition) is 0. The molecule has 36 heavy (non-hydrogen) atoms. The number of rotatable bonds is 8. The second-order valence-corrected chi connectivity index (χ2v) is 25.7. The van der Waals surface area contributed by atoms with Crippen molar-refractivity contribution in [1.82, 2.24) is 0 Å². The van der Waals surface area contributed by atoms with Gasteiger partial charge in [-0.3, -0.25) is 0 Å². The Kier molecular flexibility index (Phi) is 8.69. The van der Waals surface area contributed by atoms with Crippen molar-refractivity contribution < 1.29 is 13.6 Å². The van der Waals surface area contributed by atoms with Crippen LogP contribution in [0.4, 0.5) is 0 Å². The van der Waals surface area contributed by atoms with Gasteiger partial charge in [0.2, 0.25) is 0 Å². The van der Waals surface area contributed by atoms with E-state index in [1.807, 2.05) is 0 Å². The van der Waals surface area contributed by atoms with E-state index in [-0.39, 0.29) is 21.8 Å². The molecule has 5 heteroatoms. The van der Waals surface area contributed by atoms with Crippen LogP contribution in [0.1, 0.15) is 101 Å². The van der Waals surface area contributed by atoms with Gasteiger partial charge in [-0.15, -0.1) is 0 Å². The van der Waals surface area contributed by atoms with E-state index in [1.165, 1.54) is 32.1 Å². The monoisotopic (exact) mass is 536 g/mol. The first-order valence-corrected chi connectivity index (χ1v) is 20.7. The van der Waals surface area contributed by atoms with E-state index >= 15 is 0 Å². The molecule has 0 aromatic carbocycles. The minimum atomic E-state index is -1.82. The van der Waals surface area contributed by atoms with E-state index in [0.717, 1.165) is 18.9 Å². The average Bonchev–Trinajstić information content (AvgIpc) is 3.24.